The molecule has 0 amide bonds. The Morgan fingerprint density at radius 2 is 0.660 bits per heavy atom. The topological polar surface area (TPSA) is 18.5 Å². The van der Waals surface area contributed by atoms with Crippen molar-refractivity contribution >= 4 is 46.4 Å². The van der Waals surface area contributed by atoms with Gasteiger partial charge in [0.2, 0.25) is 0 Å². The van der Waals surface area contributed by atoms with Crippen molar-refractivity contribution in [3.8, 4) is 0 Å². The summed E-state index contributed by atoms with van der Waals surface area (Å²) in [7, 11) is 0. The SMILES string of the molecule is CCCCC/C=C\C/C=C\CCCCCCCCOCC[S-].CCCCC/C=C\C/C=C\CCCCCCCCOCC[S-].[CH3][Sn+2][CH3]. The van der Waals surface area contributed by atoms with E-state index in [1.165, 1.54) is 141 Å². The third kappa shape index (κ3) is 62.0. The van der Waals surface area contributed by atoms with E-state index in [1.54, 1.807) is 0 Å². The maximum absolute atomic E-state index is 5.38. The maximum atomic E-state index is 5.38. The van der Waals surface area contributed by atoms with E-state index in [0.29, 0.717) is 0 Å². The summed E-state index contributed by atoms with van der Waals surface area (Å²) in [5.74, 6) is 1.45. The Labute approximate surface area is 318 Å². The molecule has 0 fully saturated rings. The zero-order valence-corrected chi connectivity index (χ0v) is 36.5. The molecule has 0 aromatic carbocycles. The van der Waals surface area contributed by atoms with E-state index < -0.39 is 0 Å². The molecule has 0 aliphatic rings. The van der Waals surface area contributed by atoms with Crippen LogP contribution in [-0.2, 0) is 34.7 Å². The summed E-state index contributed by atoms with van der Waals surface area (Å²) in [6.07, 6.45) is 49.7. The van der Waals surface area contributed by atoms with Crippen LogP contribution in [0, 0.1) is 0 Å². The van der Waals surface area contributed by atoms with Gasteiger partial charge in [0.1, 0.15) is 0 Å². The molecule has 0 aliphatic carbocycles. The van der Waals surface area contributed by atoms with E-state index in [-0.39, 0.29) is 21.1 Å². The number of unbranched alkanes of at least 4 members (excludes halogenated alkanes) is 18. The van der Waals surface area contributed by atoms with E-state index in [4.69, 9.17) is 34.7 Å². The zero-order chi connectivity index (χ0) is 35.0. The summed E-state index contributed by atoms with van der Waals surface area (Å²) in [6.45, 7) is 7.79. The molecule has 0 heterocycles. The van der Waals surface area contributed by atoms with Gasteiger partial charge in [-0.05, 0) is 77.0 Å². The fourth-order valence-corrected chi connectivity index (χ4v) is 4.94. The van der Waals surface area contributed by atoms with Gasteiger partial charge in [0, 0.05) is 26.4 Å². The van der Waals surface area contributed by atoms with Crippen LogP contribution in [-0.4, -0.2) is 59.1 Å². The van der Waals surface area contributed by atoms with Crippen LogP contribution in [0.2, 0.25) is 9.88 Å². The normalized spacial score (nSPS) is 11.4. The summed E-state index contributed by atoms with van der Waals surface area (Å²) in [6, 6.07) is 0. The molecule has 0 N–H and O–H groups in total. The number of hydrogen-bond donors (Lipinski definition) is 0. The minimum absolute atomic E-state index is 0.230. The molecule has 0 aliphatic heterocycles. The second-order valence-electron chi connectivity index (χ2n) is 12.3. The average molecular weight is 800 g/mol. The van der Waals surface area contributed by atoms with Crippen molar-refractivity contribution < 1.29 is 9.47 Å². The van der Waals surface area contributed by atoms with E-state index in [1.807, 2.05) is 0 Å². The van der Waals surface area contributed by atoms with Gasteiger partial charge in [-0.3, -0.25) is 0 Å². The Bertz CT molecular complexity index is 570. The second-order valence-corrected chi connectivity index (χ2v) is 16.0. The first kappa shape index (κ1) is 51.7. The summed E-state index contributed by atoms with van der Waals surface area (Å²) < 4.78 is 10.8. The van der Waals surface area contributed by atoms with Crippen molar-refractivity contribution in [1.82, 2.24) is 0 Å². The van der Waals surface area contributed by atoms with Gasteiger partial charge in [-0.1, -0.05) is 140 Å². The van der Waals surface area contributed by atoms with E-state index in [2.05, 4.69) is 72.3 Å². The molecule has 0 spiro atoms. The predicted molar refractivity (Wildman–Crippen MR) is 222 cm³/mol. The van der Waals surface area contributed by atoms with Crippen molar-refractivity contribution in [2.24, 2.45) is 0 Å². The molecule has 0 aromatic heterocycles. The van der Waals surface area contributed by atoms with Crippen LogP contribution in [0.25, 0.3) is 0 Å². The molecule has 0 unspecified atom stereocenters. The van der Waals surface area contributed by atoms with Crippen molar-refractivity contribution in [1.29, 1.82) is 0 Å². The van der Waals surface area contributed by atoms with E-state index in [0.717, 1.165) is 50.8 Å². The molecular formula is C42H80O2S2Sn. The standard InChI is InChI=1S/2C20H38OS.2CH3.Sn/c2*1-2-3-4-5-6-7-8-9-10-11-12-13-14-15-16-17-18-21-19-20-22;;;/h2*6-7,9-10,22H,2-5,8,11-20H2,1H3;2*1H3;/q;;;;+2/p-2/b2*7-6-,10-9-;;;. The number of ether oxygens (including phenoxy) is 2. The molecule has 5 heteroatoms. The molecule has 0 bridgehead atoms. The minimum atomic E-state index is 0.230. The third-order valence-corrected chi connectivity index (χ3v) is 7.77. The van der Waals surface area contributed by atoms with Crippen LogP contribution in [0.1, 0.15) is 168 Å². The molecular weight excluding hydrogens is 719 g/mol. The van der Waals surface area contributed by atoms with Gasteiger partial charge < -0.3 is 34.7 Å². The molecule has 0 radical (unpaired) electrons. The quantitative estimate of drug-likeness (QED) is 0.0279. The Morgan fingerprint density at radius 1 is 0.383 bits per heavy atom. The molecule has 0 saturated heterocycles. The van der Waals surface area contributed by atoms with E-state index >= 15 is 0 Å². The molecule has 0 saturated carbocycles. The molecule has 47 heavy (non-hydrogen) atoms. The summed E-state index contributed by atoms with van der Waals surface area (Å²) in [5.41, 5.74) is 0. The van der Waals surface area contributed by atoms with Crippen molar-refractivity contribution in [2.45, 2.75) is 178 Å². The first-order chi connectivity index (χ1) is 23.2. The van der Waals surface area contributed by atoms with Gasteiger partial charge in [-0.15, -0.1) is 0 Å². The van der Waals surface area contributed by atoms with Gasteiger partial charge in [-0.2, -0.15) is 11.5 Å². The first-order valence-corrected chi connectivity index (χ1v) is 26.6. The van der Waals surface area contributed by atoms with Crippen molar-refractivity contribution in [3.05, 3.63) is 48.6 Å². The number of hydrogen-bond acceptors (Lipinski definition) is 4. The predicted octanol–water partition coefficient (Wildman–Crippen LogP) is 13.5. The Balaban J connectivity index is -0.000000759. The fourth-order valence-electron chi connectivity index (χ4n) is 4.71. The summed E-state index contributed by atoms with van der Waals surface area (Å²) >= 11 is 9.90. The molecule has 0 atom stereocenters. The average Bonchev–Trinajstić information content (AvgIpc) is 3.08. The van der Waals surface area contributed by atoms with Crippen LogP contribution < -0.4 is 0 Å². The number of rotatable bonds is 34. The van der Waals surface area contributed by atoms with E-state index in [9.17, 15) is 0 Å². The van der Waals surface area contributed by atoms with Crippen LogP contribution in [0.5, 0.6) is 0 Å². The third-order valence-electron chi connectivity index (χ3n) is 7.43. The van der Waals surface area contributed by atoms with Gasteiger partial charge in [0.15, 0.2) is 0 Å². The van der Waals surface area contributed by atoms with Gasteiger partial charge in [0.25, 0.3) is 0 Å². The van der Waals surface area contributed by atoms with Crippen molar-refractivity contribution in [2.75, 3.05) is 37.9 Å². The zero-order valence-electron chi connectivity index (χ0n) is 32.0. The van der Waals surface area contributed by atoms with Crippen molar-refractivity contribution in [3.63, 3.8) is 0 Å². The summed E-state index contributed by atoms with van der Waals surface area (Å²) in [4.78, 5) is 4.59. The number of allylic oxidation sites excluding steroid dienone is 8. The molecule has 0 aromatic rings. The van der Waals surface area contributed by atoms with Crippen LogP contribution >= 0.6 is 0 Å². The molecule has 0 rings (SSSR count). The van der Waals surface area contributed by atoms with Gasteiger partial charge >= 0.3 is 31.0 Å². The molecule has 2 nitrogen and oxygen atoms in total. The van der Waals surface area contributed by atoms with Crippen LogP contribution in [0.3, 0.4) is 0 Å². The second kappa shape index (κ2) is 55.8. The molecule has 276 valence electrons. The fraction of sp³-hybridized carbons (Fsp3) is 0.810. The van der Waals surface area contributed by atoms with Crippen LogP contribution in [0.4, 0.5) is 0 Å². The summed E-state index contributed by atoms with van der Waals surface area (Å²) in [5, 5.41) is 0. The van der Waals surface area contributed by atoms with Gasteiger partial charge in [-0.25, -0.2) is 0 Å². The van der Waals surface area contributed by atoms with Gasteiger partial charge in [0.05, 0.1) is 0 Å². The van der Waals surface area contributed by atoms with Crippen LogP contribution in [0.15, 0.2) is 48.6 Å². The Kier molecular flexibility index (Phi) is 61.4. The monoisotopic (exact) mass is 800 g/mol. The Hall–Kier alpha value is 0.379. The first-order valence-electron chi connectivity index (χ1n) is 19.7. The Morgan fingerprint density at radius 3 is 0.957 bits per heavy atom.